The molecule has 1 heterocycles. The first kappa shape index (κ1) is 9.65. The highest BCUT2D eigenvalue weighted by Gasteiger charge is 2.36. The van der Waals surface area contributed by atoms with Crippen LogP contribution in [-0.4, -0.2) is 28.8 Å². The van der Waals surface area contributed by atoms with Crippen LogP contribution >= 0.6 is 12.2 Å². The molecule has 0 aliphatic carbocycles. The highest BCUT2D eigenvalue weighted by atomic mass is 32.1. The molecule has 12 heavy (non-hydrogen) atoms. The lowest BCUT2D eigenvalue weighted by Crippen LogP contribution is -2.28. The molecule has 0 spiro atoms. The SMILES string of the molecule is CCN1CC(=S)C(C(C)C)C1=O. The maximum atomic E-state index is 11.6. The van der Waals surface area contributed by atoms with Crippen molar-refractivity contribution in [1.29, 1.82) is 0 Å². The second-order valence-corrected chi connectivity index (χ2v) is 4.06. The first-order valence-corrected chi connectivity index (χ1v) is 4.80. The van der Waals surface area contributed by atoms with Crippen LogP contribution in [-0.2, 0) is 4.79 Å². The van der Waals surface area contributed by atoms with Gasteiger partial charge in [0, 0.05) is 11.4 Å². The van der Waals surface area contributed by atoms with E-state index in [1.54, 1.807) is 0 Å². The first-order valence-electron chi connectivity index (χ1n) is 4.39. The summed E-state index contributed by atoms with van der Waals surface area (Å²) in [5.74, 6) is 0.569. The summed E-state index contributed by atoms with van der Waals surface area (Å²) in [5, 5.41) is 0. The van der Waals surface area contributed by atoms with Crippen LogP contribution in [0.4, 0.5) is 0 Å². The number of hydrogen-bond acceptors (Lipinski definition) is 2. The van der Waals surface area contributed by atoms with Crippen molar-refractivity contribution < 1.29 is 4.79 Å². The van der Waals surface area contributed by atoms with E-state index in [0.717, 1.165) is 11.4 Å². The van der Waals surface area contributed by atoms with Gasteiger partial charge in [-0.25, -0.2) is 0 Å². The average molecular weight is 185 g/mol. The van der Waals surface area contributed by atoms with Crippen LogP contribution in [0.15, 0.2) is 0 Å². The average Bonchev–Trinajstić information content (AvgIpc) is 2.25. The molecule has 1 saturated heterocycles. The van der Waals surface area contributed by atoms with Gasteiger partial charge in [-0.1, -0.05) is 26.1 Å². The minimum Gasteiger partial charge on any atom is -0.338 e. The van der Waals surface area contributed by atoms with E-state index in [1.807, 2.05) is 25.7 Å². The fraction of sp³-hybridized carbons (Fsp3) is 0.778. The lowest BCUT2D eigenvalue weighted by molar-refractivity contribution is -0.131. The molecule has 0 aromatic heterocycles. The van der Waals surface area contributed by atoms with Gasteiger partial charge >= 0.3 is 0 Å². The van der Waals surface area contributed by atoms with E-state index < -0.39 is 0 Å². The van der Waals surface area contributed by atoms with Crippen LogP contribution in [0, 0.1) is 11.8 Å². The van der Waals surface area contributed by atoms with Gasteiger partial charge in [-0.05, 0) is 12.8 Å². The minimum absolute atomic E-state index is 0.0000463. The number of thiocarbonyl (C=S) groups is 1. The Morgan fingerprint density at radius 1 is 1.67 bits per heavy atom. The summed E-state index contributed by atoms with van der Waals surface area (Å²) >= 11 is 5.17. The van der Waals surface area contributed by atoms with E-state index in [0.29, 0.717) is 12.5 Å². The molecule has 1 aliphatic rings. The summed E-state index contributed by atoms with van der Waals surface area (Å²) in [6.45, 7) is 7.56. The van der Waals surface area contributed by atoms with Crippen molar-refractivity contribution >= 4 is 23.0 Å². The topological polar surface area (TPSA) is 20.3 Å². The number of carbonyl (C=O) groups excluding carboxylic acids is 1. The molecule has 2 nitrogen and oxygen atoms in total. The fourth-order valence-electron chi connectivity index (χ4n) is 1.62. The van der Waals surface area contributed by atoms with Crippen molar-refractivity contribution in [3.05, 3.63) is 0 Å². The fourth-order valence-corrected chi connectivity index (χ4v) is 2.15. The van der Waals surface area contributed by atoms with Crippen LogP contribution in [0.3, 0.4) is 0 Å². The van der Waals surface area contributed by atoms with E-state index >= 15 is 0 Å². The number of amides is 1. The Morgan fingerprint density at radius 2 is 2.25 bits per heavy atom. The van der Waals surface area contributed by atoms with Crippen LogP contribution in [0.1, 0.15) is 20.8 Å². The monoisotopic (exact) mass is 185 g/mol. The zero-order chi connectivity index (χ0) is 9.30. The van der Waals surface area contributed by atoms with Gasteiger partial charge in [0.05, 0.1) is 12.5 Å². The minimum atomic E-state index is -0.0000463. The molecule has 1 atom stereocenters. The van der Waals surface area contributed by atoms with Crippen molar-refractivity contribution in [3.8, 4) is 0 Å². The molecular weight excluding hydrogens is 170 g/mol. The van der Waals surface area contributed by atoms with Crippen LogP contribution in [0.5, 0.6) is 0 Å². The van der Waals surface area contributed by atoms with Crippen molar-refractivity contribution in [2.45, 2.75) is 20.8 Å². The van der Waals surface area contributed by atoms with Gasteiger partial charge in [0.25, 0.3) is 0 Å². The third-order valence-corrected chi connectivity index (χ3v) is 2.70. The second kappa shape index (κ2) is 3.52. The van der Waals surface area contributed by atoms with E-state index in [1.165, 1.54) is 0 Å². The zero-order valence-corrected chi connectivity index (χ0v) is 8.65. The summed E-state index contributed by atoms with van der Waals surface area (Å²) in [5.41, 5.74) is 0. The molecular formula is C9H15NOS. The van der Waals surface area contributed by atoms with Crippen LogP contribution in [0.25, 0.3) is 0 Å². The van der Waals surface area contributed by atoms with Gasteiger partial charge in [-0.3, -0.25) is 4.79 Å². The Morgan fingerprint density at radius 3 is 2.50 bits per heavy atom. The molecule has 0 aromatic rings. The quantitative estimate of drug-likeness (QED) is 0.607. The molecule has 0 bridgehead atoms. The molecule has 1 fully saturated rings. The summed E-state index contributed by atoms with van der Waals surface area (Å²) in [7, 11) is 0. The highest BCUT2D eigenvalue weighted by molar-refractivity contribution is 7.80. The Bertz CT molecular complexity index is 213. The number of likely N-dealkylation sites (tertiary alicyclic amines) is 1. The maximum Gasteiger partial charge on any atom is 0.231 e. The Balaban J connectivity index is 2.77. The number of hydrogen-bond donors (Lipinski definition) is 0. The Labute approximate surface area is 78.9 Å². The van der Waals surface area contributed by atoms with Gasteiger partial charge < -0.3 is 4.90 Å². The predicted molar refractivity (Wildman–Crippen MR) is 53.2 cm³/mol. The lowest BCUT2D eigenvalue weighted by atomic mass is 9.94. The number of nitrogens with zero attached hydrogens (tertiary/aromatic N) is 1. The Hall–Kier alpha value is -0.440. The molecule has 0 aromatic carbocycles. The summed E-state index contributed by atoms with van der Waals surface area (Å²) in [6, 6.07) is 0. The van der Waals surface area contributed by atoms with E-state index in [4.69, 9.17) is 12.2 Å². The second-order valence-electron chi connectivity index (χ2n) is 3.54. The van der Waals surface area contributed by atoms with E-state index in [2.05, 4.69) is 0 Å². The zero-order valence-electron chi connectivity index (χ0n) is 7.83. The summed E-state index contributed by atoms with van der Waals surface area (Å²) in [6.07, 6.45) is 0. The van der Waals surface area contributed by atoms with Crippen molar-refractivity contribution in [3.63, 3.8) is 0 Å². The third kappa shape index (κ3) is 1.51. The molecule has 1 rings (SSSR count). The summed E-state index contributed by atoms with van der Waals surface area (Å²) < 4.78 is 0. The predicted octanol–water partition coefficient (Wildman–Crippen LogP) is 1.49. The van der Waals surface area contributed by atoms with Crippen LogP contribution in [0.2, 0.25) is 0 Å². The lowest BCUT2D eigenvalue weighted by Gasteiger charge is -2.14. The van der Waals surface area contributed by atoms with Crippen molar-refractivity contribution in [1.82, 2.24) is 4.90 Å². The third-order valence-electron chi connectivity index (χ3n) is 2.32. The molecule has 68 valence electrons. The molecule has 0 saturated carbocycles. The number of carbonyl (C=O) groups is 1. The van der Waals surface area contributed by atoms with Gasteiger partial charge in [0.2, 0.25) is 5.91 Å². The van der Waals surface area contributed by atoms with Gasteiger partial charge in [0.15, 0.2) is 0 Å². The standard InChI is InChI=1S/C9H15NOS/c1-4-10-5-7(12)8(6(2)3)9(10)11/h6,8H,4-5H2,1-3H3. The largest absolute Gasteiger partial charge is 0.338 e. The van der Waals surface area contributed by atoms with Crippen LogP contribution < -0.4 is 0 Å². The molecule has 3 heteroatoms. The summed E-state index contributed by atoms with van der Waals surface area (Å²) in [4.78, 5) is 14.4. The number of rotatable bonds is 2. The van der Waals surface area contributed by atoms with Crippen molar-refractivity contribution in [2.75, 3.05) is 13.1 Å². The molecule has 0 radical (unpaired) electrons. The molecule has 1 aliphatic heterocycles. The van der Waals surface area contributed by atoms with Gasteiger partial charge in [-0.15, -0.1) is 0 Å². The first-order chi connectivity index (χ1) is 5.57. The highest BCUT2D eigenvalue weighted by Crippen LogP contribution is 2.23. The molecule has 1 amide bonds. The smallest absolute Gasteiger partial charge is 0.231 e. The van der Waals surface area contributed by atoms with Gasteiger partial charge in [-0.2, -0.15) is 0 Å². The molecule has 1 unspecified atom stereocenters. The van der Waals surface area contributed by atoms with E-state index in [9.17, 15) is 4.79 Å². The van der Waals surface area contributed by atoms with Gasteiger partial charge in [0.1, 0.15) is 0 Å². The van der Waals surface area contributed by atoms with Crippen molar-refractivity contribution in [2.24, 2.45) is 11.8 Å². The maximum absolute atomic E-state index is 11.6. The normalized spacial score (nSPS) is 24.3. The van der Waals surface area contributed by atoms with E-state index in [-0.39, 0.29) is 11.8 Å². The Kier molecular flexibility index (Phi) is 2.83. The molecule has 0 N–H and O–H groups in total.